The lowest BCUT2D eigenvalue weighted by atomic mass is 10.1. The number of rotatable bonds is 6. The standard InChI is InChI=1S/C15H20FN3O/c16-14-3-1-4-15(13(14)11-17)19-7-2-10-20-12-5-8-18-9-6-12/h1,3-4,12,18-19H,2,5-10H2. The molecule has 4 nitrogen and oxygen atoms in total. The highest BCUT2D eigenvalue weighted by molar-refractivity contribution is 5.57. The molecule has 0 saturated carbocycles. The molecule has 1 heterocycles. The molecule has 1 aliphatic rings. The zero-order valence-corrected chi connectivity index (χ0v) is 11.5. The Morgan fingerprint density at radius 2 is 2.20 bits per heavy atom. The first-order valence-corrected chi connectivity index (χ1v) is 7.06. The van der Waals surface area contributed by atoms with Crippen molar-refractivity contribution >= 4 is 5.69 Å². The molecule has 0 bridgehead atoms. The van der Waals surface area contributed by atoms with Crippen LogP contribution in [0.2, 0.25) is 0 Å². The molecule has 108 valence electrons. The number of anilines is 1. The number of hydrogen-bond acceptors (Lipinski definition) is 4. The van der Waals surface area contributed by atoms with Gasteiger partial charge in [-0.3, -0.25) is 0 Å². The Bertz CT molecular complexity index is 467. The van der Waals surface area contributed by atoms with Gasteiger partial charge in [-0.25, -0.2) is 4.39 Å². The van der Waals surface area contributed by atoms with Crippen molar-refractivity contribution in [2.24, 2.45) is 0 Å². The van der Waals surface area contributed by atoms with E-state index in [1.54, 1.807) is 12.1 Å². The minimum atomic E-state index is -0.483. The van der Waals surface area contributed by atoms with Gasteiger partial charge in [0.25, 0.3) is 0 Å². The van der Waals surface area contributed by atoms with E-state index in [-0.39, 0.29) is 5.56 Å². The molecule has 1 aromatic carbocycles. The molecule has 0 radical (unpaired) electrons. The fourth-order valence-corrected chi connectivity index (χ4v) is 2.29. The maximum Gasteiger partial charge on any atom is 0.143 e. The summed E-state index contributed by atoms with van der Waals surface area (Å²) in [6, 6.07) is 6.50. The molecule has 5 heteroatoms. The van der Waals surface area contributed by atoms with Gasteiger partial charge in [-0.05, 0) is 44.5 Å². The fourth-order valence-electron chi connectivity index (χ4n) is 2.29. The summed E-state index contributed by atoms with van der Waals surface area (Å²) in [7, 11) is 0. The Hall–Kier alpha value is -1.64. The van der Waals surface area contributed by atoms with Gasteiger partial charge >= 0.3 is 0 Å². The van der Waals surface area contributed by atoms with E-state index in [1.165, 1.54) is 6.07 Å². The molecule has 1 saturated heterocycles. The lowest BCUT2D eigenvalue weighted by Gasteiger charge is -2.23. The number of piperidine rings is 1. The minimum absolute atomic E-state index is 0.0757. The van der Waals surface area contributed by atoms with E-state index >= 15 is 0 Å². The second-order valence-corrected chi connectivity index (χ2v) is 4.87. The van der Waals surface area contributed by atoms with E-state index in [0.29, 0.717) is 24.9 Å². The lowest BCUT2D eigenvalue weighted by Crippen LogP contribution is -2.32. The summed E-state index contributed by atoms with van der Waals surface area (Å²) in [6.07, 6.45) is 3.33. The first kappa shape index (κ1) is 14.8. The van der Waals surface area contributed by atoms with Crippen LogP contribution in [0.25, 0.3) is 0 Å². The average Bonchev–Trinajstić information content (AvgIpc) is 2.48. The zero-order chi connectivity index (χ0) is 14.2. The van der Waals surface area contributed by atoms with E-state index in [2.05, 4.69) is 10.6 Å². The molecule has 0 amide bonds. The molecule has 0 atom stereocenters. The third-order valence-corrected chi connectivity index (χ3v) is 3.40. The van der Waals surface area contributed by atoms with Gasteiger partial charge in [0, 0.05) is 13.2 Å². The van der Waals surface area contributed by atoms with Crippen LogP contribution in [0.1, 0.15) is 24.8 Å². The van der Waals surface area contributed by atoms with Crippen LogP contribution >= 0.6 is 0 Å². The van der Waals surface area contributed by atoms with Crippen LogP contribution in [0.5, 0.6) is 0 Å². The summed E-state index contributed by atoms with van der Waals surface area (Å²) in [4.78, 5) is 0. The minimum Gasteiger partial charge on any atom is -0.384 e. The first-order valence-electron chi connectivity index (χ1n) is 7.06. The van der Waals surface area contributed by atoms with Crippen LogP contribution in [-0.2, 0) is 4.74 Å². The van der Waals surface area contributed by atoms with Crippen LogP contribution in [0.15, 0.2) is 18.2 Å². The van der Waals surface area contributed by atoms with Gasteiger partial charge in [0.1, 0.15) is 17.4 Å². The summed E-state index contributed by atoms with van der Waals surface area (Å²) in [5.41, 5.74) is 0.626. The van der Waals surface area contributed by atoms with Gasteiger partial charge in [-0.1, -0.05) is 6.07 Å². The third-order valence-electron chi connectivity index (χ3n) is 3.40. The number of nitrogens with zero attached hydrogens (tertiary/aromatic N) is 1. The highest BCUT2D eigenvalue weighted by Gasteiger charge is 2.12. The Kier molecular flexibility index (Phi) is 5.78. The second kappa shape index (κ2) is 7.83. The lowest BCUT2D eigenvalue weighted by molar-refractivity contribution is 0.0329. The summed E-state index contributed by atoms with van der Waals surface area (Å²) >= 11 is 0. The number of ether oxygens (including phenoxy) is 1. The normalized spacial score (nSPS) is 15.8. The van der Waals surface area contributed by atoms with Crippen molar-refractivity contribution in [2.45, 2.75) is 25.4 Å². The van der Waals surface area contributed by atoms with Crippen molar-refractivity contribution in [1.29, 1.82) is 5.26 Å². The Morgan fingerprint density at radius 3 is 2.95 bits per heavy atom. The highest BCUT2D eigenvalue weighted by Crippen LogP contribution is 2.17. The number of hydrogen-bond donors (Lipinski definition) is 2. The quantitative estimate of drug-likeness (QED) is 0.783. The van der Waals surface area contributed by atoms with E-state index in [9.17, 15) is 4.39 Å². The van der Waals surface area contributed by atoms with Crippen LogP contribution in [0.4, 0.5) is 10.1 Å². The summed E-state index contributed by atoms with van der Waals surface area (Å²) in [5, 5.41) is 15.3. The van der Waals surface area contributed by atoms with Gasteiger partial charge in [0.2, 0.25) is 0 Å². The van der Waals surface area contributed by atoms with Crippen molar-refractivity contribution in [3.63, 3.8) is 0 Å². The number of halogens is 1. The molecule has 20 heavy (non-hydrogen) atoms. The molecule has 1 aromatic rings. The van der Waals surface area contributed by atoms with Gasteiger partial charge in [0.05, 0.1) is 11.8 Å². The van der Waals surface area contributed by atoms with Crippen LogP contribution < -0.4 is 10.6 Å². The van der Waals surface area contributed by atoms with E-state index in [0.717, 1.165) is 32.4 Å². The van der Waals surface area contributed by atoms with Gasteiger partial charge < -0.3 is 15.4 Å². The maximum absolute atomic E-state index is 13.4. The topological polar surface area (TPSA) is 57.1 Å². The predicted molar refractivity (Wildman–Crippen MR) is 76.1 cm³/mol. The molecule has 2 N–H and O–H groups in total. The van der Waals surface area contributed by atoms with E-state index < -0.39 is 5.82 Å². The largest absolute Gasteiger partial charge is 0.384 e. The van der Waals surface area contributed by atoms with Crippen LogP contribution in [-0.4, -0.2) is 32.3 Å². The summed E-state index contributed by atoms with van der Waals surface area (Å²) in [6.45, 7) is 3.41. The molecular formula is C15H20FN3O. The van der Waals surface area contributed by atoms with Crippen molar-refractivity contribution in [3.05, 3.63) is 29.6 Å². The smallest absolute Gasteiger partial charge is 0.143 e. The Balaban J connectivity index is 1.68. The fraction of sp³-hybridized carbons (Fsp3) is 0.533. The van der Waals surface area contributed by atoms with Crippen molar-refractivity contribution in [2.75, 3.05) is 31.6 Å². The first-order chi connectivity index (χ1) is 9.81. The average molecular weight is 277 g/mol. The van der Waals surface area contributed by atoms with Crippen molar-refractivity contribution < 1.29 is 9.13 Å². The molecule has 0 aliphatic carbocycles. The third kappa shape index (κ3) is 4.19. The van der Waals surface area contributed by atoms with Gasteiger partial charge in [0.15, 0.2) is 0 Å². The molecule has 2 rings (SSSR count). The number of nitrogens with one attached hydrogen (secondary N) is 2. The Morgan fingerprint density at radius 1 is 1.40 bits per heavy atom. The number of benzene rings is 1. The molecular weight excluding hydrogens is 257 g/mol. The van der Waals surface area contributed by atoms with E-state index in [4.69, 9.17) is 10.00 Å². The Labute approximate surface area is 118 Å². The predicted octanol–water partition coefficient (Wildman–Crippen LogP) is 2.27. The summed E-state index contributed by atoms with van der Waals surface area (Å²) < 4.78 is 19.2. The molecule has 1 fully saturated rings. The van der Waals surface area contributed by atoms with Crippen LogP contribution in [0.3, 0.4) is 0 Å². The van der Waals surface area contributed by atoms with Crippen LogP contribution in [0, 0.1) is 17.1 Å². The van der Waals surface area contributed by atoms with Gasteiger partial charge in [-0.15, -0.1) is 0 Å². The second-order valence-electron chi connectivity index (χ2n) is 4.87. The molecule has 1 aliphatic heterocycles. The molecule has 0 unspecified atom stereocenters. The molecule has 0 aromatic heterocycles. The number of nitriles is 1. The zero-order valence-electron chi connectivity index (χ0n) is 11.5. The summed E-state index contributed by atoms with van der Waals surface area (Å²) in [5.74, 6) is -0.483. The van der Waals surface area contributed by atoms with Crippen molar-refractivity contribution in [1.82, 2.24) is 5.32 Å². The van der Waals surface area contributed by atoms with Crippen molar-refractivity contribution in [3.8, 4) is 6.07 Å². The van der Waals surface area contributed by atoms with Gasteiger partial charge in [-0.2, -0.15) is 5.26 Å². The maximum atomic E-state index is 13.4. The monoisotopic (exact) mass is 277 g/mol. The SMILES string of the molecule is N#Cc1c(F)cccc1NCCCOC1CCNCC1. The molecule has 0 spiro atoms. The highest BCUT2D eigenvalue weighted by atomic mass is 19.1. The van der Waals surface area contributed by atoms with E-state index in [1.807, 2.05) is 6.07 Å².